The largest absolute Gasteiger partial charge is 0.384 e. The number of para-hydroxylation sites is 1. The van der Waals surface area contributed by atoms with Crippen molar-refractivity contribution in [3.8, 4) is 0 Å². The van der Waals surface area contributed by atoms with Crippen molar-refractivity contribution in [3.05, 3.63) is 29.8 Å². The number of benzene rings is 1. The fourth-order valence-corrected chi connectivity index (χ4v) is 2.46. The van der Waals surface area contributed by atoms with Gasteiger partial charge in [-0.15, -0.1) is 0 Å². The van der Waals surface area contributed by atoms with E-state index in [0.29, 0.717) is 6.10 Å². The summed E-state index contributed by atoms with van der Waals surface area (Å²) >= 11 is 0. The Hall–Kier alpha value is -1.55. The van der Waals surface area contributed by atoms with E-state index >= 15 is 0 Å². The van der Waals surface area contributed by atoms with E-state index in [0.717, 1.165) is 30.6 Å². The van der Waals surface area contributed by atoms with Crippen LogP contribution in [0.2, 0.25) is 0 Å². The van der Waals surface area contributed by atoms with Crippen LogP contribution in [0, 0.1) is 5.41 Å². The zero-order valence-electron chi connectivity index (χ0n) is 11.0. The zero-order valence-corrected chi connectivity index (χ0v) is 11.0. The highest BCUT2D eigenvalue weighted by molar-refractivity contribution is 6.00. The van der Waals surface area contributed by atoms with E-state index in [-0.39, 0.29) is 11.9 Å². The summed E-state index contributed by atoms with van der Waals surface area (Å²) in [6.07, 6.45) is 2.89. The van der Waals surface area contributed by atoms with Crippen LogP contribution in [-0.4, -0.2) is 31.6 Å². The molecule has 0 aromatic heterocycles. The van der Waals surface area contributed by atoms with E-state index in [4.69, 9.17) is 15.9 Å². The van der Waals surface area contributed by atoms with Crippen molar-refractivity contribution in [1.82, 2.24) is 0 Å². The second kappa shape index (κ2) is 5.40. The van der Waals surface area contributed by atoms with Crippen LogP contribution >= 0.6 is 0 Å². The molecule has 1 fully saturated rings. The lowest BCUT2D eigenvalue weighted by atomic mass is 10.1. The predicted molar refractivity (Wildman–Crippen MR) is 74.3 cm³/mol. The van der Waals surface area contributed by atoms with Crippen molar-refractivity contribution in [2.75, 3.05) is 18.5 Å². The normalized spacial score (nSPS) is 23.0. The maximum Gasteiger partial charge on any atom is 0.124 e. The van der Waals surface area contributed by atoms with E-state index in [9.17, 15) is 0 Å². The first-order valence-electron chi connectivity index (χ1n) is 6.38. The molecule has 2 atom stereocenters. The van der Waals surface area contributed by atoms with E-state index in [1.807, 2.05) is 31.3 Å². The Kier molecular flexibility index (Phi) is 3.87. The Balaban J connectivity index is 2.09. The molecule has 18 heavy (non-hydrogen) atoms. The fraction of sp³-hybridized carbons (Fsp3) is 0.500. The van der Waals surface area contributed by atoms with Crippen LogP contribution in [0.25, 0.3) is 0 Å². The molecule has 0 spiro atoms. The summed E-state index contributed by atoms with van der Waals surface area (Å²) in [4.78, 5) is 2.12. The molecule has 0 radical (unpaired) electrons. The van der Waals surface area contributed by atoms with Crippen molar-refractivity contribution in [2.45, 2.75) is 32.0 Å². The van der Waals surface area contributed by atoms with Crippen LogP contribution in [0.1, 0.15) is 25.3 Å². The summed E-state index contributed by atoms with van der Waals surface area (Å²) in [7, 11) is 2.02. The molecule has 1 aromatic carbocycles. The molecule has 2 rings (SSSR count). The number of hydrogen-bond acceptors (Lipinski definition) is 3. The molecule has 0 aliphatic carbocycles. The van der Waals surface area contributed by atoms with Gasteiger partial charge in [0.2, 0.25) is 0 Å². The Morgan fingerprint density at radius 1 is 1.44 bits per heavy atom. The van der Waals surface area contributed by atoms with Gasteiger partial charge in [0, 0.05) is 24.8 Å². The quantitative estimate of drug-likeness (QED) is 0.631. The molecule has 0 saturated carbocycles. The van der Waals surface area contributed by atoms with Gasteiger partial charge in [0.05, 0.1) is 12.2 Å². The van der Waals surface area contributed by atoms with E-state index in [1.165, 1.54) is 0 Å². The Labute approximate surface area is 108 Å². The number of hydrogen-bond donors (Lipinski definition) is 2. The number of rotatable bonds is 4. The Morgan fingerprint density at radius 3 is 2.78 bits per heavy atom. The highest BCUT2D eigenvalue weighted by atomic mass is 16.5. The van der Waals surface area contributed by atoms with Gasteiger partial charge in [0.25, 0.3) is 0 Å². The third kappa shape index (κ3) is 2.82. The molecular formula is C14H21N3O. The standard InChI is InChI=1S/C14H21N3O/c1-10-7-8-11(18-10)9-17(2)13-6-4-3-5-12(13)14(15)16/h3-6,10-11H,7-9H2,1-2H3,(H3,15,16). The number of ether oxygens (including phenoxy) is 1. The molecule has 4 nitrogen and oxygen atoms in total. The Morgan fingerprint density at radius 2 is 2.17 bits per heavy atom. The number of amidine groups is 1. The summed E-state index contributed by atoms with van der Waals surface area (Å²) in [5.74, 6) is 0.109. The van der Waals surface area contributed by atoms with Gasteiger partial charge in [-0.2, -0.15) is 0 Å². The minimum absolute atomic E-state index is 0.109. The van der Waals surface area contributed by atoms with Crippen molar-refractivity contribution >= 4 is 11.5 Å². The van der Waals surface area contributed by atoms with Gasteiger partial charge >= 0.3 is 0 Å². The monoisotopic (exact) mass is 247 g/mol. The summed E-state index contributed by atoms with van der Waals surface area (Å²) in [5, 5.41) is 7.61. The number of anilines is 1. The lowest BCUT2D eigenvalue weighted by molar-refractivity contribution is 0.0606. The number of nitrogens with two attached hydrogens (primary N) is 1. The van der Waals surface area contributed by atoms with E-state index in [2.05, 4.69) is 11.8 Å². The maximum atomic E-state index is 7.61. The van der Waals surface area contributed by atoms with Gasteiger partial charge in [0.15, 0.2) is 0 Å². The average Bonchev–Trinajstić information content (AvgIpc) is 2.74. The summed E-state index contributed by atoms with van der Waals surface area (Å²) in [6, 6.07) is 7.75. The van der Waals surface area contributed by atoms with Gasteiger partial charge in [0.1, 0.15) is 5.84 Å². The molecule has 1 saturated heterocycles. The SMILES string of the molecule is CC1CCC(CN(C)c2ccccc2C(=N)N)O1. The molecule has 98 valence electrons. The van der Waals surface area contributed by atoms with Crippen molar-refractivity contribution in [3.63, 3.8) is 0 Å². The van der Waals surface area contributed by atoms with Gasteiger partial charge in [-0.1, -0.05) is 12.1 Å². The number of nitrogens with zero attached hydrogens (tertiary/aromatic N) is 1. The molecule has 4 heteroatoms. The fourth-order valence-electron chi connectivity index (χ4n) is 2.46. The minimum Gasteiger partial charge on any atom is -0.384 e. The smallest absolute Gasteiger partial charge is 0.124 e. The topological polar surface area (TPSA) is 62.3 Å². The molecule has 0 amide bonds. The van der Waals surface area contributed by atoms with E-state index < -0.39 is 0 Å². The van der Waals surface area contributed by atoms with Gasteiger partial charge in [-0.3, -0.25) is 5.41 Å². The Bertz CT molecular complexity index is 433. The minimum atomic E-state index is 0.109. The summed E-state index contributed by atoms with van der Waals surface area (Å²) in [6.45, 7) is 2.96. The third-order valence-corrected chi connectivity index (χ3v) is 3.40. The number of nitrogen functional groups attached to an aromatic ring is 1. The molecule has 1 heterocycles. The van der Waals surface area contributed by atoms with E-state index in [1.54, 1.807) is 0 Å². The first-order chi connectivity index (χ1) is 8.58. The molecule has 2 unspecified atom stereocenters. The maximum absolute atomic E-state index is 7.61. The third-order valence-electron chi connectivity index (χ3n) is 3.40. The highest BCUT2D eigenvalue weighted by Gasteiger charge is 2.23. The number of likely N-dealkylation sites (N-methyl/N-ethyl adjacent to an activating group) is 1. The number of nitrogens with one attached hydrogen (secondary N) is 1. The van der Waals surface area contributed by atoms with Crippen molar-refractivity contribution < 1.29 is 4.74 Å². The zero-order chi connectivity index (χ0) is 13.1. The summed E-state index contributed by atoms with van der Waals surface area (Å²) < 4.78 is 5.83. The molecule has 1 aromatic rings. The van der Waals surface area contributed by atoms with Gasteiger partial charge < -0.3 is 15.4 Å². The van der Waals surface area contributed by atoms with Crippen LogP contribution < -0.4 is 10.6 Å². The molecule has 0 bridgehead atoms. The predicted octanol–water partition coefficient (Wildman–Crippen LogP) is 1.97. The van der Waals surface area contributed by atoms with Crippen LogP contribution in [-0.2, 0) is 4.74 Å². The molecule has 1 aliphatic rings. The van der Waals surface area contributed by atoms with Crippen molar-refractivity contribution in [2.24, 2.45) is 5.73 Å². The average molecular weight is 247 g/mol. The lowest BCUT2D eigenvalue weighted by Gasteiger charge is -2.25. The van der Waals surface area contributed by atoms with Crippen LogP contribution in [0.4, 0.5) is 5.69 Å². The molecular weight excluding hydrogens is 226 g/mol. The molecule has 1 aliphatic heterocycles. The van der Waals surface area contributed by atoms with Gasteiger partial charge in [-0.05, 0) is 31.9 Å². The van der Waals surface area contributed by atoms with Crippen molar-refractivity contribution in [1.29, 1.82) is 5.41 Å². The second-order valence-corrected chi connectivity index (χ2v) is 4.96. The summed E-state index contributed by atoms with van der Waals surface area (Å²) in [5.41, 5.74) is 7.38. The van der Waals surface area contributed by atoms with Crippen LogP contribution in [0.15, 0.2) is 24.3 Å². The van der Waals surface area contributed by atoms with Crippen LogP contribution in [0.5, 0.6) is 0 Å². The lowest BCUT2D eigenvalue weighted by Crippen LogP contribution is -2.30. The van der Waals surface area contributed by atoms with Crippen LogP contribution in [0.3, 0.4) is 0 Å². The molecule has 3 N–H and O–H groups in total. The highest BCUT2D eigenvalue weighted by Crippen LogP contribution is 2.23. The first-order valence-corrected chi connectivity index (χ1v) is 6.38. The van der Waals surface area contributed by atoms with Gasteiger partial charge in [-0.25, -0.2) is 0 Å². The second-order valence-electron chi connectivity index (χ2n) is 4.96. The first kappa shape index (κ1) is 12.9.